The van der Waals surface area contributed by atoms with Crippen LogP contribution in [0, 0.1) is 13.8 Å². The number of para-hydroxylation sites is 1. The van der Waals surface area contributed by atoms with Crippen molar-refractivity contribution >= 4 is 29.2 Å². The minimum absolute atomic E-state index is 0.121. The molecule has 0 saturated heterocycles. The number of halogens is 1. The Kier molecular flexibility index (Phi) is 6.81. The summed E-state index contributed by atoms with van der Waals surface area (Å²) in [6.07, 6.45) is 0. The maximum atomic E-state index is 12.8. The number of ether oxygens (including phenoxy) is 2. The molecule has 0 spiro atoms. The number of anilines is 1. The highest BCUT2D eigenvalue weighted by molar-refractivity contribution is 6.32. The molecule has 3 aromatic rings. The molecule has 0 fully saturated rings. The highest BCUT2D eigenvalue weighted by Crippen LogP contribution is 2.25. The van der Waals surface area contributed by atoms with Crippen LogP contribution in [0.3, 0.4) is 0 Å². The van der Waals surface area contributed by atoms with Crippen LogP contribution in [0.15, 0.2) is 53.3 Å². The molecule has 0 unspecified atom stereocenters. The summed E-state index contributed by atoms with van der Waals surface area (Å²) in [4.78, 5) is 36.9. The summed E-state index contributed by atoms with van der Waals surface area (Å²) >= 11 is 6.01. The molecule has 0 radical (unpaired) electrons. The zero-order chi connectivity index (χ0) is 22.5. The van der Waals surface area contributed by atoms with Crippen molar-refractivity contribution in [2.45, 2.75) is 13.8 Å². The maximum absolute atomic E-state index is 12.8. The highest BCUT2D eigenvalue weighted by atomic mass is 35.5. The SMILES string of the molecule is Cc1ccc(Cl)c(OCC(=O)OCC(=O)Nc2c(C)n(C)n(-c3ccccc3)c2=O)c1. The van der Waals surface area contributed by atoms with Gasteiger partial charge < -0.3 is 14.8 Å². The number of carbonyl (C=O) groups is 2. The van der Waals surface area contributed by atoms with E-state index < -0.39 is 25.1 Å². The Hall–Kier alpha value is -3.52. The molecule has 0 saturated carbocycles. The smallest absolute Gasteiger partial charge is 0.344 e. The van der Waals surface area contributed by atoms with Gasteiger partial charge in [0.25, 0.3) is 11.5 Å². The standard InChI is InChI=1S/C22H22ClN3O5/c1-14-9-10-17(23)18(11-14)30-13-20(28)31-12-19(27)24-21-15(2)25(3)26(22(21)29)16-7-5-4-6-8-16/h4-11H,12-13H2,1-3H3,(H,24,27). The molecule has 9 heteroatoms. The van der Waals surface area contributed by atoms with Crippen LogP contribution in [0.4, 0.5) is 5.69 Å². The van der Waals surface area contributed by atoms with Gasteiger partial charge in [-0.3, -0.25) is 14.3 Å². The van der Waals surface area contributed by atoms with Crippen molar-refractivity contribution in [3.63, 3.8) is 0 Å². The summed E-state index contributed by atoms with van der Waals surface area (Å²) in [6, 6.07) is 14.2. The van der Waals surface area contributed by atoms with E-state index in [9.17, 15) is 14.4 Å². The monoisotopic (exact) mass is 443 g/mol. The first-order valence-corrected chi connectivity index (χ1v) is 9.84. The van der Waals surface area contributed by atoms with Crippen molar-refractivity contribution in [3.8, 4) is 11.4 Å². The van der Waals surface area contributed by atoms with Gasteiger partial charge in [-0.1, -0.05) is 35.9 Å². The number of benzene rings is 2. The zero-order valence-electron chi connectivity index (χ0n) is 17.3. The van der Waals surface area contributed by atoms with Gasteiger partial charge in [-0.15, -0.1) is 0 Å². The second-order valence-electron chi connectivity index (χ2n) is 6.87. The van der Waals surface area contributed by atoms with E-state index in [1.807, 2.05) is 31.2 Å². The summed E-state index contributed by atoms with van der Waals surface area (Å²) in [5.74, 6) is -1.02. The minimum atomic E-state index is -0.737. The molecule has 0 aliphatic carbocycles. The number of esters is 1. The minimum Gasteiger partial charge on any atom is -0.480 e. The average Bonchev–Trinajstić information content (AvgIpc) is 2.96. The molecule has 0 aliphatic heterocycles. The first kappa shape index (κ1) is 22.2. The van der Waals surface area contributed by atoms with E-state index in [0.29, 0.717) is 22.2 Å². The third-order valence-electron chi connectivity index (χ3n) is 4.62. The lowest BCUT2D eigenvalue weighted by Crippen LogP contribution is -2.27. The van der Waals surface area contributed by atoms with E-state index in [0.717, 1.165) is 5.56 Å². The molecule has 1 aromatic heterocycles. The number of nitrogens with zero attached hydrogens (tertiary/aromatic N) is 2. The van der Waals surface area contributed by atoms with Gasteiger partial charge in [0.15, 0.2) is 13.2 Å². The third-order valence-corrected chi connectivity index (χ3v) is 4.93. The van der Waals surface area contributed by atoms with Gasteiger partial charge in [0.05, 0.1) is 16.4 Å². The van der Waals surface area contributed by atoms with Crippen molar-refractivity contribution in [3.05, 3.63) is 75.2 Å². The lowest BCUT2D eigenvalue weighted by atomic mass is 10.2. The Labute approximate surface area is 183 Å². The Morgan fingerprint density at radius 1 is 1.06 bits per heavy atom. The molecule has 3 rings (SSSR count). The van der Waals surface area contributed by atoms with Gasteiger partial charge in [0, 0.05) is 7.05 Å². The van der Waals surface area contributed by atoms with Gasteiger partial charge in [0.2, 0.25) is 0 Å². The van der Waals surface area contributed by atoms with Gasteiger partial charge in [-0.25, -0.2) is 9.48 Å². The fourth-order valence-corrected chi connectivity index (χ4v) is 3.11. The molecule has 8 nitrogen and oxygen atoms in total. The van der Waals surface area contributed by atoms with Gasteiger partial charge >= 0.3 is 5.97 Å². The van der Waals surface area contributed by atoms with Crippen LogP contribution in [-0.2, 0) is 21.4 Å². The van der Waals surface area contributed by atoms with Crippen molar-refractivity contribution < 1.29 is 19.1 Å². The lowest BCUT2D eigenvalue weighted by Gasteiger charge is -2.09. The normalized spacial score (nSPS) is 10.6. The van der Waals surface area contributed by atoms with Crippen LogP contribution < -0.4 is 15.6 Å². The molecule has 1 heterocycles. The summed E-state index contributed by atoms with van der Waals surface area (Å²) in [5.41, 5.74) is 1.88. The van der Waals surface area contributed by atoms with Crippen LogP contribution in [0.25, 0.3) is 5.69 Å². The van der Waals surface area contributed by atoms with Crippen molar-refractivity contribution in [2.75, 3.05) is 18.5 Å². The Balaban J connectivity index is 1.59. The maximum Gasteiger partial charge on any atom is 0.344 e. The van der Waals surface area contributed by atoms with Crippen molar-refractivity contribution in [1.29, 1.82) is 0 Å². The average molecular weight is 444 g/mol. The zero-order valence-corrected chi connectivity index (χ0v) is 18.1. The number of hydrogen-bond acceptors (Lipinski definition) is 5. The van der Waals surface area contributed by atoms with E-state index in [-0.39, 0.29) is 11.2 Å². The number of amides is 1. The molecular weight excluding hydrogens is 422 g/mol. The first-order chi connectivity index (χ1) is 14.8. The number of nitrogens with one attached hydrogen (secondary N) is 1. The van der Waals surface area contributed by atoms with Gasteiger partial charge in [-0.05, 0) is 43.7 Å². The van der Waals surface area contributed by atoms with Gasteiger partial charge in [0.1, 0.15) is 11.4 Å². The molecule has 1 N–H and O–H groups in total. The number of hydrogen-bond donors (Lipinski definition) is 1. The first-order valence-electron chi connectivity index (χ1n) is 9.46. The fraction of sp³-hybridized carbons (Fsp3) is 0.227. The van der Waals surface area contributed by atoms with Crippen LogP contribution in [0.1, 0.15) is 11.3 Å². The topological polar surface area (TPSA) is 91.6 Å². The number of aryl methyl sites for hydroxylation is 1. The van der Waals surface area contributed by atoms with E-state index in [1.54, 1.807) is 42.9 Å². The molecule has 0 atom stereocenters. The van der Waals surface area contributed by atoms with Gasteiger partial charge in [-0.2, -0.15) is 0 Å². The largest absolute Gasteiger partial charge is 0.480 e. The lowest BCUT2D eigenvalue weighted by molar-refractivity contribution is -0.149. The fourth-order valence-electron chi connectivity index (χ4n) is 2.93. The second kappa shape index (κ2) is 9.53. The molecule has 1 amide bonds. The van der Waals surface area contributed by atoms with Crippen LogP contribution in [-0.4, -0.2) is 34.5 Å². The van der Waals surface area contributed by atoms with Crippen LogP contribution in [0.2, 0.25) is 5.02 Å². The summed E-state index contributed by atoms with van der Waals surface area (Å²) in [7, 11) is 1.72. The number of rotatable bonds is 7. The molecule has 0 aliphatic rings. The third kappa shape index (κ3) is 5.16. The molecule has 0 bridgehead atoms. The second-order valence-corrected chi connectivity index (χ2v) is 7.28. The van der Waals surface area contributed by atoms with Crippen molar-refractivity contribution in [2.24, 2.45) is 7.05 Å². The Morgan fingerprint density at radius 3 is 2.48 bits per heavy atom. The number of aromatic nitrogens is 2. The predicted octanol–water partition coefficient (Wildman–Crippen LogP) is 3.01. The molecule has 162 valence electrons. The molecule has 31 heavy (non-hydrogen) atoms. The quantitative estimate of drug-likeness (QED) is 0.567. The summed E-state index contributed by atoms with van der Waals surface area (Å²) < 4.78 is 13.4. The van der Waals surface area contributed by atoms with E-state index >= 15 is 0 Å². The van der Waals surface area contributed by atoms with Crippen LogP contribution >= 0.6 is 11.6 Å². The Bertz CT molecular complexity index is 1170. The predicted molar refractivity (Wildman–Crippen MR) is 117 cm³/mol. The van der Waals surface area contributed by atoms with E-state index in [1.165, 1.54) is 4.68 Å². The van der Waals surface area contributed by atoms with Crippen molar-refractivity contribution in [1.82, 2.24) is 9.36 Å². The van der Waals surface area contributed by atoms with E-state index in [2.05, 4.69) is 5.32 Å². The molecular formula is C22H22ClN3O5. The summed E-state index contributed by atoms with van der Waals surface area (Å²) in [5, 5.41) is 2.89. The number of carbonyl (C=O) groups excluding carboxylic acids is 2. The highest BCUT2D eigenvalue weighted by Gasteiger charge is 2.19. The Morgan fingerprint density at radius 2 is 1.77 bits per heavy atom. The van der Waals surface area contributed by atoms with Crippen LogP contribution in [0.5, 0.6) is 5.75 Å². The summed E-state index contributed by atoms with van der Waals surface area (Å²) in [6.45, 7) is 2.62. The van der Waals surface area contributed by atoms with E-state index in [4.69, 9.17) is 21.1 Å². The molecule has 2 aromatic carbocycles.